The van der Waals surface area contributed by atoms with Gasteiger partial charge in [-0.3, -0.25) is 23.7 Å². The molecule has 33 nitrogen and oxygen atoms in total. The number of anilines is 8. The Bertz CT molecular complexity index is 7740. The van der Waals surface area contributed by atoms with E-state index >= 15 is 0 Å². The van der Waals surface area contributed by atoms with Gasteiger partial charge in [0.15, 0.2) is 39.9 Å². The van der Waals surface area contributed by atoms with Crippen LogP contribution >= 0.6 is 80.1 Å². The van der Waals surface area contributed by atoms with Gasteiger partial charge in [-0.15, -0.1) is 60.3 Å². The van der Waals surface area contributed by atoms with E-state index in [0.717, 1.165) is 239 Å². The van der Waals surface area contributed by atoms with Crippen molar-refractivity contribution >= 4 is 188 Å². The van der Waals surface area contributed by atoms with E-state index in [0.29, 0.717) is 92.0 Å². The zero-order chi connectivity index (χ0) is 100. The molecule has 18 heterocycles. The Labute approximate surface area is 861 Å². The Hall–Kier alpha value is -15.1. The lowest BCUT2D eigenvalue weighted by Crippen LogP contribution is -2.19. The Morgan fingerprint density at radius 3 is 1.18 bits per heavy atom. The molecule has 3 atom stereocenters. The second kappa shape index (κ2) is 47.2. The summed E-state index contributed by atoms with van der Waals surface area (Å²) in [5, 5.41) is 23.3. The van der Waals surface area contributed by atoms with Crippen molar-refractivity contribution in [3.05, 3.63) is 293 Å². The standard InChI is InChI=1S/C29H27N7O2S.C25H20N6OS.C22H22ClN5O2S.C12H13Cl2N3O.C10H10N2OS.C6H5N3/c1-18-32-26-23(35-22-10-7-9-21(27(22)37-3)29-31-13-15-39-29)17-20(16-19-8-6-11-24(30-2)33-19)34-28(26)36(18)25-12-4-5-14-38-25;1-15-12-20-23(28-15)21(14-17(29-20)13-16-6-4-9-22(26-2)30-16)31-19-8-5-7-18(24(19)32-3)25-27-10-11-33-25;1-13-25-19-16(12-17(23)27-21(19)28(13)18-8-3-4-10-30-18)26-15-7-5-6-14(20(15)29-2)22-24-9-11-31-22;1-7-15-11-8(13)6-9(14)16-12(11)17(7)10-4-2-3-5-18-10;1-13-9-7(3-2-4-8(9)11)10-12-5-6-14-10;1-8-6-4-2-3-5(7)9-6/h6-11,13,15,17,25H,4-5,12,14,16H2,1,3H3,(H,34,35);4-11,14H,12-13H2,1,3H3,(H,29,31);5-7,9,11-12,18H,3-4,8,10H2,1-2H3,(H,26,27);6,10H,2-5H2,1H3;2-6H,11H2,1H3;2-4H,(H2,7,9). The first kappa shape index (κ1) is 100. The van der Waals surface area contributed by atoms with Gasteiger partial charge < -0.3 is 75.1 Å². The van der Waals surface area contributed by atoms with Crippen LogP contribution in [0.5, 0.6) is 23.0 Å². The molecular weight excluding hydrogens is 1960 g/mol. The number of para-hydroxylation sites is 4. The number of nitrogen functional groups attached to an aromatic ring is 2. The van der Waals surface area contributed by atoms with Crippen LogP contribution < -0.4 is 46.4 Å². The lowest BCUT2D eigenvalue weighted by molar-refractivity contribution is -0.0310. The number of hydrogen-bond donors (Lipinski definition) is 5. The molecule has 3 saturated heterocycles. The van der Waals surface area contributed by atoms with Crippen LogP contribution in [-0.2, 0) is 33.5 Å². The minimum Gasteiger partial charge on any atom is -0.494 e. The third-order valence-electron chi connectivity index (χ3n) is 23.4. The van der Waals surface area contributed by atoms with Gasteiger partial charge in [0.2, 0.25) is 5.82 Å². The summed E-state index contributed by atoms with van der Waals surface area (Å²) in [5.41, 5.74) is 30.8. The summed E-state index contributed by atoms with van der Waals surface area (Å²) in [4.78, 5) is 77.9. The first-order valence-corrected chi connectivity index (χ1v) is 50.6. The highest BCUT2D eigenvalue weighted by molar-refractivity contribution is 7.14. The number of nitrogens with two attached hydrogens (primary N) is 2. The lowest BCUT2D eigenvalue weighted by atomic mass is 10.1. The van der Waals surface area contributed by atoms with Gasteiger partial charge in [-0.1, -0.05) is 97.0 Å². The maximum absolute atomic E-state index is 7.33. The number of benzene rings is 4. The van der Waals surface area contributed by atoms with Gasteiger partial charge in [-0.05, 0) is 183 Å². The number of fused-ring (bicyclic) bond motifs is 4. The Balaban J connectivity index is 0.000000125. The predicted molar refractivity (Wildman–Crippen MR) is 571 cm³/mol. The average molecular weight is 2060 g/mol. The summed E-state index contributed by atoms with van der Waals surface area (Å²) in [6, 6.07) is 46.9. The first-order valence-electron chi connectivity index (χ1n) is 45.9. The number of thiazole rings is 4. The Kier molecular flexibility index (Phi) is 33.0. The molecule has 144 heavy (non-hydrogen) atoms. The fraction of sp³-hybridized carbons (Fsp3) is 0.250. The maximum Gasteiger partial charge on any atom is 0.271 e. The van der Waals surface area contributed by atoms with Gasteiger partial charge in [-0.2, -0.15) is 0 Å². The van der Waals surface area contributed by atoms with Crippen LogP contribution in [0.1, 0.15) is 129 Å². The summed E-state index contributed by atoms with van der Waals surface area (Å²) in [6.45, 7) is 31.3. The van der Waals surface area contributed by atoms with Gasteiger partial charge in [0.05, 0.1) is 125 Å². The smallest absolute Gasteiger partial charge is 0.271 e. The second-order valence-electron chi connectivity index (χ2n) is 33.0. The van der Waals surface area contributed by atoms with Crippen molar-refractivity contribution in [1.82, 2.24) is 83.5 Å². The van der Waals surface area contributed by atoms with Crippen LogP contribution in [-0.4, -0.2) is 137 Å². The zero-order valence-electron chi connectivity index (χ0n) is 79.6. The molecule has 3 fully saturated rings. The van der Waals surface area contributed by atoms with Crippen molar-refractivity contribution in [1.29, 1.82) is 0 Å². The van der Waals surface area contributed by atoms with Gasteiger partial charge in [0.1, 0.15) is 100 Å². The van der Waals surface area contributed by atoms with E-state index in [1.54, 1.807) is 141 Å². The molecule has 18 aromatic rings. The topological polar surface area (TPSA) is 373 Å². The SMILES string of the molecule is COc1c(N)cccc1-c1nccs1.COc1c(Nc2cc(Cl)nc3c2nc(C)n3C2CCCCO2)cccc1-c1nccs1.Cc1nc2c(Cl)cc(Cl)nc2n1C1CCCCO1.[C-]#[N+]c1cccc(Cc2cc(Nc3cccc(-c4nccs4)c3OC)c3c(n2)CC(C)=N3)n1.[C-]#[N+]c1cccc(Cc2cc(Nc3cccc(-c4nccs4)c3OC)c3nc(C)n(C4CCCCO4)c3n2)n1.[C-]#[N+]c1cccc(N)n1. The van der Waals surface area contributed by atoms with E-state index in [-0.39, 0.29) is 18.7 Å². The molecule has 4 aromatic carbocycles. The normalized spacial score (nSPS) is 14.5. The molecule has 7 N–H and O–H groups in total. The van der Waals surface area contributed by atoms with Crippen molar-refractivity contribution in [2.24, 2.45) is 4.99 Å². The number of pyridine rings is 7. The molecule has 0 radical (unpaired) electrons. The highest BCUT2D eigenvalue weighted by Gasteiger charge is 2.30. The number of nitrogens with zero attached hydrogens (tertiary/aromatic N) is 21. The first-order chi connectivity index (χ1) is 70.2. The summed E-state index contributed by atoms with van der Waals surface area (Å²) in [5.74, 6) is 6.88. The van der Waals surface area contributed by atoms with Crippen LogP contribution in [0.15, 0.2) is 203 Å². The minimum absolute atomic E-state index is 0.00853. The van der Waals surface area contributed by atoms with E-state index in [2.05, 4.69) is 89.5 Å². The minimum atomic E-state index is -0.106. The molecular formula is C104H97Cl3N26O7S4. The van der Waals surface area contributed by atoms with Gasteiger partial charge >= 0.3 is 0 Å². The van der Waals surface area contributed by atoms with E-state index in [4.69, 9.17) is 124 Å². The quantitative estimate of drug-likeness (QED) is 0.0253. The molecule has 3 unspecified atom stereocenters. The summed E-state index contributed by atoms with van der Waals surface area (Å²) >= 11 is 24.8. The molecule has 0 aliphatic carbocycles. The molecule has 4 aliphatic heterocycles. The highest BCUT2D eigenvalue weighted by Crippen LogP contribution is 2.47. The van der Waals surface area contributed by atoms with E-state index in [1.807, 2.05) is 163 Å². The number of imidazole rings is 3. The van der Waals surface area contributed by atoms with Crippen LogP contribution in [0.4, 0.5) is 68.8 Å². The van der Waals surface area contributed by atoms with Crippen LogP contribution in [0.3, 0.4) is 0 Å². The number of aliphatic imine (C=N–C) groups is 1. The monoisotopic (exact) mass is 2050 g/mol. The van der Waals surface area contributed by atoms with Crippen molar-refractivity contribution in [3.8, 4) is 65.3 Å². The van der Waals surface area contributed by atoms with E-state index < -0.39 is 0 Å². The van der Waals surface area contributed by atoms with Crippen LogP contribution in [0, 0.1) is 40.5 Å². The predicted octanol–water partition coefficient (Wildman–Crippen LogP) is 26.3. The van der Waals surface area contributed by atoms with Crippen molar-refractivity contribution in [2.45, 2.75) is 123 Å². The number of hydrogen-bond acceptors (Lipinski definition) is 31. The summed E-state index contributed by atoms with van der Waals surface area (Å²) in [7, 11) is 6.60. The van der Waals surface area contributed by atoms with Crippen molar-refractivity contribution in [2.75, 3.05) is 75.7 Å². The zero-order valence-corrected chi connectivity index (χ0v) is 85.1. The average Bonchev–Trinajstić information content (AvgIpc) is 1.60. The van der Waals surface area contributed by atoms with E-state index in [9.17, 15) is 0 Å². The van der Waals surface area contributed by atoms with E-state index in [1.165, 1.54) is 0 Å². The lowest BCUT2D eigenvalue weighted by Gasteiger charge is -2.25. The third-order valence-corrected chi connectivity index (χ3v) is 27.3. The molecule has 0 saturated carbocycles. The van der Waals surface area contributed by atoms with Gasteiger partial charge in [0.25, 0.3) is 17.5 Å². The Morgan fingerprint density at radius 1 is 0.396 bits per heavy atom. The second-order valence-corrected chi connectivity index (χ2v) is 37.8. The number of ether oxygens (including phenoxy) is 7. The summed E-state index contributed by atoms with van der Waals surface area (Å²) in [6.07, 6.45) is 18.1. The number of aromatic nitrogens is 17. The number of rotatable bonds is 21. The largest absolute Gasteiger partial charge is 0.494 e. The maximum atomic E-state index is 7.33. The van der Waals surface area contributed by atoms with Crippen LogP contribution in [0.25, 0.3) is 90.3 Å². The number of methoxy groups -OCH3 is 4. The molecule has 40 heteroatoms. The molecule has 14 aromatic heterocycles. The van der Waals surface area contributed by atoms with Crippen molar-refractivity contribution < 1.29 is 33.2 Å². The number of aryl methyl sites for hydroxylation is 3. The van der Waals surface area contributed by atoms with Crippen molar-refractivity contribution in [3.63, 3.8) is 0 Å². The summed E-state index contributed by atoms with van der Waals surface area (Å²) < 4.78 is 46.7. The Morgan fingerprint density at radius 2 is 0.771 bits per heavy atom. The molecule has 4 aliphatic rings. The molecule has 0 spiro atoms. The molecule has 22 rings (SSSR count). The molecule has 730 valence electrons. The van der Waals surface area contributed by atoms with Gasteiger partial charge in [-0.25, -0.2) is 49.8 Å². The number of nitrogens with one attached hydrogen (secondary N) is 3. The molecule has 0 bridgehead atoms. The fourth-order valence-corrected chi connectivity index (χ4v) is 20.4. The third kappa shape index (κ3) is 23.5. The highest BCUT2D eigenvalue weighted by atomic mass is 35.5. The molecule has 0 amide bonds. The fourth-order valence-electron chi connectivity index (χ4n) is 17.1. The van der Waals surface area contributed by atoms with Crippen LogP contribution in [0.2, 0.25) is 15.3 Å². The van der Waals surface area contributed by atoms with Gasteiger partial charge in [0, 0.05) is 90.4 Å². The number of halogens is 3.